The van der Waals surface area contributed by atoms with E-state index in [1.807, 2.05) is 11.4 Å². The van der Waals surface area contributed by atoms with Gasteiger partial charge in [-0.15, -0.1) is 11.3 Å². The third-order valence-electron chi connectivity index (χ3n) is 2.06. The summed E-state index contributed by atoms with van der Waals surface area (Å²) in [6.07, 6.45) is 3.01. The molecule has 0 radical (unpaired) electrons. The average molecular weight is 332 g/mol. The highest BCUT2D eigenvalue weighted by molar-refractivity contribution is 9.10. The lowest BCUT2D eigenvalue weighted by Crippen LogP contribution is -2.22. The summed E-state index contributed by atoms with van der Waals surface area (Å²) in [5.74, 6) is -0.215. The van der Waals surface area contributed by atoms with Crippen LogP contribution in [0.3, 0.4) is 0 Å². The van der Waals surface area contributed by atoms with Crippen LogP contribution in [0.2, 0.25) is 5.02 Å². The molecular formula is C11H8BrClN2OS. The van der Waals surface area contributed by atoms with E-state index in [4.69, 9.17) is 11.6 Å². The zero-order valence-electron chi connectivity index (χ0n) is 8.61. The summed E-state index contributed by atoms with van der Waals surface area (Å²) in [4.78, 5) is 16.8. The van der Waals surface area contributed by atoms with Crippen molar-refractivity contribution in [3.8, 4) is 0 Å². The summed E-state index contributed by atoms with van der Waals surface area (Å²) in [6.45, 7) is 0.486. The van der Waals surface area contributed by atoms with Crippen molar-refractivity contribution in [1.82, 2.24) is 10.3 Å². The van der Waals surface area contributed by atoms with Crippen molar-refractivity contribution in [2.75, 3.05) is 0 Å². The average Bonchev–Trinajstić information content (AvgIpc) is 2.73. The molecule has 2 aromatic heterocycles. The van der Waals surface area contributed by atoms with Crippen molar-refractivity contribution >= 4 is 44.8 Å². The monoisotopic (exact) mass is 330 g/mol. The van der Waals surface area contributed by atoms with Gasteiger partial charge >= 0.3 is 0 Å². The van der Waals surface area contributed by atoms with E-state index in [-0.39, 0.29) is 5.91 Å². The summed E-state index contributed by atoms with van der Waals surface area (Å²) in [5, 5.41) is 5.17. The van der Waals surface area contributed by atoms with Gasteiger partial charge in [-0.25, -0.2) is 0 Å². The number of hydrogen-bond acceptors (Lipinski definition) is 3. The van der Waals surface area contributed by atoms with Crippen LogP contribution < -0.4 is 5.32 Å². The SMILES string of the molecule is O=C(NCc1cc(Br)cs1)c1cnccc1Cl. The first-order chi connectivity index (χ1) is 8.16. The van der Waals surface area contributed by atoms with Gasteiger partial charge in [0.2, 0.25) is 0 Å². The smallest absolute Gasteiger partial charge is 0.254 e. The Morgan fingerprint density at radius 3 is 3.06 bits per heavy atom. The topological polar surface area (TPSA) is 42.0 Å². The van der Waals surface area contributed by atoms with Gasteiger partial charge in [-0.3, -0.25) is 9.78 Å². The largest absolute Gasteiger partial charge is 0.347 e. The zero-order valence-corrected chi connectivity index (χ0v) is 11.8. The fourth-order valence-corrected chi connectivity index (χ4v) is 2.84. The zero-order chi connectivity index (χ0) is 12.3. The Morgan fingerprint density at radius 2 is 2.41 bits per heavy atom. The number of hydrogen-bond donors (Lipinski definition) is 1. The summed E-state index contributed by atoms with van der Waals surface area (Å²) < 4.78 is 1.02. The number of thiophene rings is 1. The minimum atomic E-state index is -0.215. The number of rotatable bonds is 3. The maximum absolute atomic E-state index is 11.8. The van der Waals surface area contributed by atoms with Gasteiger partial charge in [0.1, 0.15) is 0 Å². The highest BCUT2D eigenvalue weighted by atomic mass is 79.9. The molecular weight excluding hydrogens is 324 g/mol. The fourth-order valence-electron chi connectivity index (χ4n) is 1.25. The van der Waals surface area contributed by atoms with Gasteiger partial charge < -0.3 is 5.32 Å². The summed E-state index contributed by atoms with van der Waals surface area (Å²) in [6, 6.07) is 3.56. The van der Waals surface area contributed by atoms with Crippen molar-refractivity contribution in [3.05, 3.63) is 49.8 Å². The van der Waals surface area contributed by atoms with E-state index in [9.17, 15) is 4.79 Å². The van der Waals surface area contributed by atoms with Crippen LogP contribution in [-0.4, -0.2) is 10.9 Å². The van der Waals surface area contributed by atoms with Gasteiger partial charge in [-0.1, -0.05) is 11.6 Å². The molecule has 2 aromatic rings. The summed E-state index contributed by atoms with van der Waals surface area (Å²) in [5.41, 5.74) is 0.393. The highest BCUT2D eigenvalue weighted by Crippen LogP contribution is 2.20. The molecule has 2 rings (SSSR count). The van der Waals surface area contributed by atoms with Crippen molar-refractivity contribution < 1.29 is 4.79 Å². The normalized spacial score (nSPS) is 10.2. The third kappa shape index (κ3) is 3.28. The van der Waals surface area contributed by atoms with Gasteiger partial charge in [-0.2, -0.15) is 0 Å². The van der Waals surface area contributed by atoms with E-state index in [0.29, 0.717) is 17.1 Å². The van der Waals surface area contributed by atoms with Crippen molar-refractivity contribution in [2.45, 2.75) is 6.54 Å². The molecule has 3 nitrogen and oxygen atoms in total. The van der Waals surface area contributed by atoms with E-state index in [1.165, 1.54) is 6.20 Å². The predicted molar refractivity (Wildman–Crippen MR) is 72.4 cm³/mol. The lowest BCUT2D eigenvalue weighted by Gasteiger charge is -2.04. The standard InChI is InChI=1S/C11H8BrClN2OS/c12-7-3-8(17-6-7)4-15-11(16)9-5-14-2-1-10(9)13/h1-3,5-6H,4H2,(H,15,16). The minimum absolute atomic E-state index is 0.215. The van der Waals surface area contributed by atoms with Crippen molar-refractivity contribution in [3.63, 3.8) is 0 Å². The Kier molecular flexibility index (Phi) is 4.15. The molecule has 0 unspecified atom stereocenters. The van der Waals surface area contributed by atoms with E-state index in [0.717, 1.165) is 9.35 Å². The first kappa shape index (κ1) is 12.5. The number of amides is 1. The number of carbonyl (C=O) groups excluding carboxylic acids is 1. The molecule has 1 N–H and O–H groups in total. The number of pyridine rings is 1. The molecule has 0 saturated heterocycles. The predicted octanol–water partition coefficient (Wildman–Crippen LogP) is 3.49. The molecule has 0 aliphatic carbocycles. The van der Waals surface area contributed by atoms with E-state index >= 15 is 0 Å². The molecule has 0 aromatic carbocycles. The van der Waals surface area contributed by atoms with Crippen LogP contribution >= 0.6 is 38.9 Å². The maximum Gasteiger partial charge on any atom is 0.254 e. The molecule has 17 heavy (non-hydrogen) atoms. The lowest BCUT2D eigenvalue weighted by molar-refractivity contribution is 0.0951. The Morgan fingerprint density at radius 1 is 1.59 bits per heavy atom. The number of nitrogens with one attached hydrogen (secondary N) is 1. The molecule has 2 heterocycles. The molecule has 6 heteroatoms. The van der Waals surface area contributed by atoms with Crippen LogP contribution in [0, 0.1) is 0 Å². The molecule has 88 valence electrons. The van der Waals surface area contributed by atoms with Gasteiger partial charge in [0.05, 0.1) is 17.1 Å². The summed E-state index contributed by atoms with van der Waals surface area (Å²) >= 11 is 10.8. The molecule has 0 saturated carbocycles. The first-order valence-electron chi connectivity index (χ1n) is 4.77. The van der Waals surface area contributed by atoms with Crippen LogP contribution in [-0.2, 0) is 6.54 Å². The van der Waals surface area contributed by atoms with Crippen LogP contribution in [0.5, 0.6) is 0 Å². The third-order valence-corrected chi connectivity index (χ3v) is 4.08. The highest BCUT2D eigenvalue weighted by Gasteiger charge is 2.09. The van der Waals surface area contributed by atoms with E-state index in [2.05, 4.69) is 26.2 Å². The number of aromatic nitrogens is 1. The van der Waals surface area contributed by atoms with Gasteiger partial charge in [0.15, 0.2) is 0 Å². The number of halogens is 2. The molecule has 0 spiro atoms. The van der Waals surface area contributed by atoms with Gasteiger partial charge in [0.25, 0.3) is 5.91 Å². The summed E-state index contributed by atoms with van der Waals surface area (Å²) in [7, 11) is 0. The maximum atomic E-state index is 11.8. The van der Waals surface area contributed by atoms with Crippen molar-refractivity contribution in [1.29, 1.82) is 0 Å². The molecule has 0 aliphatic heterocycles. The number of carbonyl (C=O) groups is 1. The quantitative estimate of drug-likeness (QED) is 0.935. The molecule has 0 fully saturated rings. The van der Waals surface area contributed by atoms with Crippen LogP contribution in [0.15, 0.2) is 34.4 Å². The lowest BCUT2D eigenvalue weighted by atomic mass is 10.2. The second-order valence-electron chi connectivity index (χ2n) is 3.27. The van der Waals surface area contributed by atoms with Crippen LogP contribution in [0.25, 0.3) is 0 Å². The molecule has 0 aliphatic rings. The molecule has 0 atom stereocenters. The minimum Gasteiger partial charge on any atom is -0.347 e. The van der Waals surface area contributed by atoms with Gasteiger partial charge in [0, 0.05) is 27.1 Å². The second-order valence-corrected chi connectivity index (χ2v) is 5.59. The van der Waals surface area contributed by atoms with Gasteiger partial charge in [-0.05, 0) is 28.1 Å². The molecule has 0 bridgehead atoms. The Labute approximate surface area is 116 Å². The Balaban J connectivity index is 2.01. The van der Waals surface area contributed by atoms with Crippen LogP contribution in [0.1, 0.15) is 15.2 Å². The Bertz CT molecular complexity index is 544. The molecule has 1 amide bonds. The van der Waals surface area contributed by atoms with E-state index in [1.54, 1.807) is 23.6 Å². The van der Waals surface area contributed by atoms with E-state index < -0.39 is 0 Å². The Hall–Kier alpha value is -0.910. The second kappa shape index (κ2) is 5.62. The van der Waals surface area contributed by atoms with Crippen LogP contribution in [0.4, 0.5) is 0 Å². The first-order valence-corrected chi connectivity index (χ1v) is 6.82. The number of nitrogens with zero attached hydrogens (tertiary/aromatic N) is 1. The fraction of sp³-hybridized carbons (Fsp3) is 0.0909. The van der Waals surface area contributed by atoms with Crippen molar-refractivity contribution in [2.24, 2.45) is 0 Å².